The zero-order chi connectivity index (χ0) is 29.6. The van der Waals surface area contributed by atoms with E-state index in [1.807, 2.05) is 18.3 Å². The Kier molecular flexibility index (Phi) is 6.53. The van der Waals surface area contributed by atoms with Gasteiger partial charge in [-0.15, -0.1) is 5.16 Å². The summed E-state index contributed by atoms with van der Waals surface area (Å²) in [5.74, 6) is 1.80. The molecular formula is C37H50NO3-. The first kappa shape index (κ1) is 28.7. The molecule has 0 aliphatic heterocycles. The van der Waals surface area contributed by atoms with Crippen molar-refractivity contribution in [3.63, 3.8) is 0 Å². The van der Waals surface area contributed by atoms with Gasteiger partial charge in [0, 0.05) is 5.41 Å². The molecule has 1 aromatic carbocycles. The second-order valence-electron chi connectivity index (χ2n) is 16.1. The second-order valence-corrected chi connectivity index (χ2v) is 16.1. The molecule has 41 heavy (non-hydrogen) atoms. The van der Waals surface area contributed by atoms with Crippen molar-refractivity contribution in [3.8, 4) is 0 Å². The van der Waals surface area contributed by atoms with Gasteiger partial charge in [-0.2, -0.15) is 0 Å². The number of aromatic carboxylic acids is 1. The van der Waals surface area contributed by atoms with Crippen LogP contribution in [-0.4, -0.2) is 17.4 Å². The van der Waals surface area contributed by atoms with E-state index < -0.39 is 5.97 Å². The van der Waals surface area contributed by atoms with Gasteiger partial charge in [-0.25, -0.2) is 0 Å². The quantitative estimate of drug-likeness (QED) is 0.176. The molecule has 0 bridgehead atoms. The molecule has 1 aromatic rings. The number of oxime groups is 1. The van der Waals surface area contributed by atoms with Crippen LogP contribution in [0, 0.1) is 56.7 Å². The molecule has 0 saturated heterocycles. The Labute approximate surface area is 247 Å². The highest BCUT2D eigenvalue weighted by Crippen LogP contribution is 2.77. The number of benzene rings is 1. The minimum absolute atomic E-state index is 0.00484. The van der Waals surface area contributed by atoms with Crippen LogP contribution in [0.4, 0.5) is 0 Å². The number of nitrogens with zero attached hydrogens (tertiary/aromatic N) is 1. The molecule has 0 aromatic heterocycles. The molecule has 222 valence electrons. The van der Waals surface area contributed by atoms with Gasteiger partial charge in [-0.3, -0.25) is 0 Å². The maximum atomic E-state index is 11.4. The summed E-state index contributed by atoms with van der Waals surface area (Å²) in [4.78, 5) is 11.4. The van der Waals surface area contributed by atoms with Crippen molar-refractivity contribution in [3.05, 3.63) is 53.6 Å². The van der Waals surface area contributed by atoms with Crippen LogP contribution in [0.15, 0.2) is 47.6 Å². The fourth-order valence-corrected chi connectivity index (χ4v) is 12.4. The molecule has 4 nitrogen and oxygen atoms in total. The Bertz CT molecular complexity index is 1310. The summed E-state index contributed by atoms with van der Waals surface area (Å²) >= 11 is 0. The lowest BCUT2D eigenvalue weighted by Gasteiger charge is -2.72. The number of carbonyl (C=O) groups excluding carboxylic acids is 1. The lowest BCUT2D eigenvalue weighted by atomic mass is 9.32. The first-order valence-electron chi connectivity index (χ1n) is 16.1. The van der Waals surface area contributed by atoms with E-state index in [9.17, 15) is 15.1 Å². The van der Waals surface area contributed by atoms with Crippen LogP contribution < -0.4 is 5.11 Å². The molecule has 0 spiro atoms. The Morgan fingerprint density at radius 1 is 0.951 bits per heavy atom. The van der Waals surface area contributed by atoms with Gasteiger partial charge < -0.3 is 15.1 Å². The third-order valence-corrected chi connectivity index (χ3v) is 14.5. The molecule has 4 fully saturated rings. The maximum absolute atomic E-state index is 11.4. The largest absolute Gasteiger partial charge is 0.545 e. The van der Waals surface area contributed by atoms with Gasteiger partial charge in [-0.05, 0) is 133 Å². The van der Waals surface area contributed by atoms with E-state index in [0.29, 0.717) is 29.6 Å². The van der Waals surface area contributed by atoms with Gasteiger partial charge in [-0.1, -0.05) is 77.1 Å². The molecule has 1 N–H and O–H groups in total. The van der Waals surface area contributed by atoms with Crippen molar-refractivity contribution in [2.24, 2.45) is 61.8 Å². The zero-order valence-electron chi connectivity index (χ0n) is 26.1. The van der Waals surface area contributed by atoms with Crippen molar-refractivity contribution >= 4 is 17.8 Å². The first-order chi connectivity index (χ1) is 19.2. The number of hydrogen-bond acceptors (Lipinski definition) is 4. The highest BCUT2D eigenvalue weighted by Gasteiger charge is 2.70. The van der Waals surface area contributed by atoms with E-state index in [1.165, 1.54) is 49.7 Å². The number of carboxylic acid groups (broad SMARTS) is 1. The fraction of sp³-hybridized carbons (Fsp3) is 0.676. The van der Waals surface area contributed by atoms with E-state index in [4.69, 9.17) is 0 Å². The molecule has 5 aliphatic carbocycles. The summed E-state index contributed by atoms with van der Waals surface area (Å²) < 4.78 is 0. The summed E-state index contributed by atoms with van der Waals surface area (Å²) in [6.45, 7) is 19.5. The second kappa shape index (κ2) is 9.32. The molecule has 9 unspecified atom stereocenters. The molecule has 6 rings (SSSR count). The standard InChI is InChI=1S/C37H51NO3/c1-23(2)26-14-19-37(22-38-41)21-20-35(6)28(31(26)37)12-13-30-34(5)17-15-27(24-8-10-25(11-9-24)32(39)40)33(3,4)29(34)16-18-36(30,35)7/h8-11,15,22,26,28-31,41H,1,12-14,16-21H2,2-7H3,(H,39,40)/p-1/b38-22+. The molecule has 0 heterocycles. The zero-order valence-corrected chi connectivity index (χ0v) is 26.1. The highest BCUT2D eigenvalue weighted by molar-refractivity contribution is 5.86. The molecule has 4 heteroatoms. The summed E-state index contributed by atoms with van der Waals surface area (Å²) in [5.41, 5.74) is 4.84. The monoisotopic (exact) mass is 556 g/mol. The van der Waals surface area contributed by atoms with Crippen molar-refractivity contribution in [2.45, 2.75) is 99.3 Å². The molecule has 5 aliphatic rings. The minimum Gasteiger partial charge on any atom is -0.545 e. The van der Waals surface area contributed by atoms with Gasteiger partial charge in [0.25, 0.3) is 0 Å². The first-order valence-corrected chi connectivity index (χ1v) is 16.1. The van der Waals surface area contributed by atoms with Crippen LogP contribution in [0.5, 0.6) is 0 Å². The Morgan fingerprint density at radius 3 is 2.29 bits per heavy atom. The van der Waals surface area contributed by atoms with Crippen LogP contribution in [0.3, 0.4) is 0 Å². The van der Waals surface area contributed by atoms with Gasteiger partial charge >= 0.3 is 0 Å². The predicted octanol–water partition coefficient (Wildman–Crippen LogP) is 8.16. The van der Waals surface area contributed by atoms with Crippen molar-refractivity contribution < 1.29 is 15.1 Å². The molecule has 0 amide bonds. The van der Waals surface area contributed by atoms with E-state index >= 15 is 0 Å². The Balaban J connectivity index is 1.37. The van der Waals surface area contributed by atoms with Crippen LogP contribution in [0.1, 0.15) is 115 Å². The number of carboxylic acids is 1. The van der Waals surface area contributed by atoms with E-state index in [1.54, 1.807) is 12.1 Å². The SMILES string of the molecule is C=C(C)C1CCC2(/C=N/O)CCC3(C)C(CCC4C5(C)CC=C(c6ccc(C(=O)[O-])cc6)C(C)(C)C5CCC43C)C12. The molecule has 4 saturated carbocycles. The van der Waals surface area contributed by atoms with Gasteiger partial charge in [0.15, 0.2) is 0 Å². The topological polar surface area (TPSA) is 72.7 Å². The number of carbonyl (C=O) groups is 1. The number of allylic oxidation sites excluding steroid dienone is 3. The molecular weight excluding hydrogens is 506 g/mol. The van der Waals surface area contributed by atoms with Crippen LogP contribution in [-0.2, 0) is 0 Å². The molecule has 0 radical (unpaired) electrons. The fourth-order valence-electron chi connectivity index (χ4n) is 12.4. The minimum atomic E-state index is -1.12. The normalized spacial score (nSPS) is 44.7. The van der Waals surface area contributed by atoms with Gasteiger partial charge in [0.1, 0.15) is 0 Å². The molecule has 9 atom stereocenters. The summed E-state index contributed by atoms with van der Waals surface area (Å²) in [7, 11) is 0. The third kappa shape index (κ3) is 3.77. The maximum Gasteiger partial charge on any atom is 0.0715 e. The van der Waals surface area contributed by atoms with Gasteiger partial charge in [0.2, 0.25) is 0 Å². The van der Waals surface area contributed by atoms with E-state index in [-0.39, 0.29) is 32.6 Å². The smallest absolute Gasteiger partial charge is 0.0715 e. The van der Waals surface area contributed by atoms with Crippen molar-refractivity contribution in [1.29, 1.82) is 0 Å². The van der Waals surface area contributed by atoms with E-state index in [2.05, 4.69) is 59.4 Å². The number of rotatable bonds is 4. The van der Waals surface area contributed by atoms with Crippen LogP contribution in [0.2, 0.25) is 0 Å². The van der Waals surface area contributed by atoms with Gasteiger partial charge in [0.05, 0.1) is 12.2 Å². The number of fused-ring (bicyclic) bond motifs is 7. The lowest BCUT2D eigenvalue weighted by Crippen LogP contribution is -2.65. The summed E-state index contributed by atoms with van der Waals surface area (Å²) in [6, 6.07) is 7.34. The summed E-state index contributed by atoms with van der Waals surface area (Å²) in [6.07, 6.45) is 15.2. The predicted molar refractivity (Wildman–Crippen MR) is 163 cm³/mol. The summed E-state index contributed by atoms with van der Waals surface area (Å²) in [5, 5.41) is 24.8. The lowest BCUT2D eigenvalue weighted by molar-refractivity contribution is -0.255. The highest BCUT2D eigenvalue weighted by atomic mass is 16.4. The Hall–Kier alpha value is -2.36. The number of hydrogen-bond donors (Lipinski definition) is 1. The van der Waals surface area contributed by atoms with E-state index in [0.717, 1.165) is 24.8 Å². The average molecular weight is 557 g/mol. The third-order valence-electron chi connectivity index (χ3n) is 14.5. The van der Waals surface area contributed by atoms with Crippen molar-refractivity contribution in [1.82, 2.24) is 0 Å². The van der Waals surface area contributed by atoms with Crippen LogP contribution >= 0.6 is 0 Å². The van der Waals surface area contributed by atoms with Crippen molar-refractivity contribution in [2.75, 3.05) is 0 Å². The Morgan fingerprint density at radius 2 is 1.66 bits per heavy atom. The average Bonchev–Trinajstić information content (AvgIpc) is 3.29. The van der Waals surface area contributed by atoms with Crippen LogP contribution in [0.25, 0.3) is 5.57 Å².